The Labute approximate surface area is 265 Å². The lowest BCUT2D eigenvalue weighted by Gasteiger charge is -2.40. The van der Waals surface area contributed by atoms with Gasteiger partial charge >= 0.3 is 0 Å². The molecule has 0 N–H and O–H groups in total. The SMILES string of the molecule is C=CCOc1c(C(C)(C)C)cccc1[Si](CC)(CC)C1c2cc(-c3ccccc3)ccc2-c2ccc(-c3ccccc3)cc21. The second kappa shape index (κ2) is 12.1. The summed E-state index contributed by atoms with van der Waals surface area (Å²) in [6, 6.07) is 45.2. The van der Waals surface area contributed by atoms with Crippen molar-refractivity contribution in [1.29, 1.82) is 0 Å². The molecule has 0 atom stereocenters. The Morgan fingerprint density at radius 3 is 1.64 bits per heavy atom. The highest BCUT2D eigenvalue weighted by molar-refractivity contribution is 6.94. The molecule has 222 valence electrons. The van der Waals surface area contributed by atoms with Crippen LogP contribution in [0.5, 0.6) is 5.75 Å². The average Bonchev–Trinajstić information content (AvgIpc) is 3.38. The monoisotopic (exact) mass is 592 g/mol. The third kappa shape index (κ3) is 5.16. The molecule has 1 aliphatic carbocycles. The minimum atomic E-state index is -2.30. The lowest BCUT2D eigenvalue weighted by atomic mass is 9.86. The highest BCUT2D eigenvalue weighted by atomic mass is 28.3. The lowest BCUT2D eigenvalue weighted by Crippen LogP contribution is -2.53. The zero-order valence-corrected chi connectivity index (χ0v) is 27.9. The molecule has 0 unspecified atom stereocenters. The molecule has 2 heteroatoms. The molecule has 0 saturated carbocycles. The van der Waals surface area contributed by atoms with E-state index in [9.17, 15) is 0 Å². The van der Waals surface area contributed by atoms with Gasteiger partial charge in [-0.05, 0) is 60.7 Å². The van der Waals surface area contributed by atoms with Crippen molar-refractivity contribution < 1.29 is 4.74 Å². The number of hydrogen-bond donors (Lipinski definition) is 0. The van der Waals surface area contributed by atoms with Crippen LogP contribution in [-0.4, -0.2) is 14.7 Å². The molecule has 0 radical (unpaired) electrons. The first kappa shape index (κ1) is 29.9. The predicted molar refractivity (Wildman–Crippen MR) is 192 cm³/mol. The van der Waals surface area contributed by atoms with Gasteiger partial charge < -0.3 is 4.74 Å². The second-order valence-corrected chi connectivity index (χ2v) is 18.0. The molecule has 1 nitrogen and oxygen atoms in total. The molecule has 6 rings (SSSR count). The minimum Gasteiger partial charge on any atom is -0.489 e. The van der Waals surface area contributed by atoms with Gasteiger partial charge in [0.2, 0.25) is 0 Å². The van der Waals surface area contributed by atoms with E-state index in [4.69, 9.17) is 4.74 Å². The fourth-order valence-electron chi connectivity index (χ4n) is 7.49. The fourth-order valence-corrected chi connectivity index (χ4v) is 12.6. The van der Waals surface area contributed by atoms with Crippen LogP contribution in [0.15, 0.2) is 128 Å². The maximum Gasteiger partial charge on any atom is 0.122 e. The van der Waals surface area contributed by atoms with Crippen LogP contribution < -0.4 is 9.92 Å². The Morgan fingerprint density at radius 1 is 0.659 bits per heavy atom. The van der Waals surface area contributed by atoms with E-state index in [-0.39, 0.29) is 5.41 Å². The van der Waals surface area contributed by atoms with Gasteiger partial charge in [-0.15, -0.1) is 0 Å². The van der Waals surface area contributed by atoms with Gasteiger partial charge in [-0.3, -0.25) is 0 Å². The zero-order valence-electron chi connectivity index (χ0n) is 26.9. The van der Waals surface area contributed by atoms with Crippen molar-refractivity contribution in [1.82, 2.24) is 0 Å². The van der Waals surface area contributed by atoms with Gasteiger partial charge in [0.25, 0.3) is 0 Å². The lowest BCUT2D eigenvalue weighted by molar-refractivity contribution is 0.353. The van der Waals surface area contributed by atoms with E-state index in [2.05, 4.69) is 156 Å². The van der Waals surface area contributed by atoms with Gasteiger partial charge in [0, 0.05) is 5.54 Å². The fraction of sp³-hybridized carbons (Fsp3) is 0.238. The van der Waals surface area contributed by atoms with Crippen molar-refractivity contribution in [2.24, 2.45) is 0 Å². The molecule has 0 saturated heterocycles. The average molecular weight is 593 g/mol. The van der Waals surface area contributed by atoms with Crippen molar-refractivity contribution in [3.8, 4) is 39.1 Å². The largest absolute Gasteiger partial charge is 0.489 e. The van der Waals surface area contributed by atoms with Gasteiger partial charge in [0.15, 0.2) is 0 Å². The maximum absolute atomic E-state index is 6.69. The number of hydrogen-bond acceptors (Lipinski definition) is 1. The number of fused-ring (bicyclic) bond motifs is 3. The molecular weight excluding hydrogens is 549 g/mol. The highest BCUT2D eigenvalue weighted by Gasteiger charge is 2.48. The Morgan fingerprint density at radius 2 is 1.18 bits per heavy atom. The molecule has 0 amide bonds. The smallest absolute Gasteiger partial charge is 0.122 e. The van der Waals surface area contributed by atoms with Crippen LogP contribution in [0, 0.1) is 0 Å². The first-order valence-electron chi connectivity index (χ1n) is 16.1. The summed E-state index contributed by atoms with van der Waals surface area (Å²) in [6.07, 6.45) is 1.88. The van der Waals surface area contributed by atoms with Crippen LogP contribution in [0.3, 0.4) is 0 Å². The quantitative estimate of drug-likeness (QED) is 0.122. The number of para-hydroxylation sites is 1. The third-order valence-electron chi connectivity index (χ3n) is 9.75. The number of ether oxygens (including phenoxy) is 1. The van der Waals surface area contributed by atoms with E-state index < -0.39 is 8.07 Å². The van der Waals surface area contributed by atoms with Crippen molar-refractivity contribution >= 4 is 13.3 Å². The second-order valence-electron chi connectivity index (χ2n) is 13.2. The van der Waals surface area contributed by atoms with Crippen molar-refractivity contribution in [3.05, 3.63) is 145 Å². The molecule has 0 heterocycles. The van der Waals surface area contributed by atoms with Crippen molar-refractivity contribution in [2.75, 3.05) is 6.61 Å². The van der Waals surface area contributed by atoms with Crippen LogP contribution in [0.25, 0.3) is 33.4 Å². The Balaban J connectivity index is 1.65. The van der Waals surface area contributed by atoms with Crippen molar-refractivity contribution in [3.63, 3.8) is 0 Å². The summed E-state index contributed by atoms with van der Waals surface area (Å²) in [5, 5.41) is 1.44. The summed E-state index contributed by atoms with van der Waals surface area (Å²) in [5.41, 5.74) is 12.3. The van der Waals surface area contributed by atoms with Gasteiger partial charge in [-0.1, -0.05) is 175 Å². The summed E-state index contributed by atoms with van der Waals surface area (Å²) in [5.74, 6) is 1.09. The molecule has 0 aliphatic heterocycles. The maximum atomic E-state index is 6.69. The first-order valence-corrected chi connectivity index (χ1v) is 18.6. The van der Waals surface area contributed by atoms with E-state index in [1.807, 2.05) is 6.08 Å². The molecule has 0 bridgehead atoms. The van der Waals surface area contributed by atoms with Crippen LogP contribution in [0.1, 0.15) is 56.9 Å². The van der Waals surface area contributed by atoms with Crippen molar-refractivity contribution in [2.45, 2.75) is 57.7 Å². The third-order valence-corrected chi connectivity index (χ3v) is 15.5. The van der Waals surface area contributed by atoms with Crippen LogP contribution >= 0.6 is 0 Å². The molecule has 0 spiro atoms. The Hall–Kier alpha value is -4.14. The normalized spacial score (nSPS) is 12.9. The molecule has 1 aliphatic rings. The number of rotatable bonds is 9. The van der Waals surface area contributed by atoms with Crippen LogP contribution in [0.4, 0.5) is 0 Å². The van der Waals surface area contributed by atoms with Gasteiger partial charge in [-0.25, -0.2) is 0 Å². The van der Waals surface area contributed by atoms with E-state index in [0.29, 0.717) is 12.1 Å². The van der Waals surface area contributed by atoms with Gasteiger partial charge in [0.1, 0.15) is 20.4 Å². The van der Waals surface area contributed by atoms with Crippen LogP contribution in [-0.2, 0) is 5.41 Å². The highest BCUT2D eigenvalue weighted by Crippen LogP contribution is 2.53. The molecule has 0 fully saturated rings. The van der Waals surface area contributed by atoms with Gasteiger partial charge in [0.05, 0.1) is 0 Å². The number of benzene rings is 5. The summed E-state index contributed by atoms with van der Waals surface area (Å²) in [4.78, 5) is 0. The summed E-state index contributed by atoms with van der Waals surface area (Å²) >= 11 is 0. The molecule has 44 heavy (non-hydrogen) atoms. The molecule has 5 aromatic carbocycles. The van der Waals surface area contributed by atoms with E-state index in [0.717, 1.165) is 17.8 Å². The minimum absolute atomic E-state index is 0.0411. The Kier molecular flexibility index (Phi) is 8.22. The van der Waals surface area contributed by atoms with E-state index in [1.54, 1.807) is 0 Å². The summed E-state index contributed by atoms with van der Waals surface area (Å²) in [7, 11) is -2.30. The van der Waals surface area contributed by atoms with Crippen LogP contribution in [0.2, 0.25) is 12.1 Å². The molecular formula is C42H44OSi. The summed E-state index contributed by atoms with van der Waals surface area (Å²) in [6.45, 7) is 16.3. The predicted octanol–water partition coefficient (Wildman–Crippen LogP) is 10.9. The Bertz CT molecular complexity index is 1690. The standard InChI is InChI=1S/C42H44OSi/c1-7-27-43-40-38(42(4,5)6)21-16-22-39(40)44(8-2,9-3)41-36-28-32(30-17-12-10-13-18-30)23-25-34(36)35-26-24-33(29-37(35)41)31-19-14-11-15-20-31/h7,10-26,28-29,41H,1,8-9,27H2,2-6H3. The van der Waals surface area contributed by atoms with Gasteiger partial charge in [-0.2, -0.15) is 0 Å². The molecule has 5 aromatic rings. The first-order chi connectivity index (χ1) is 21.3. The van der Waals surface area contributed by atoms with E-state index in [1.165, 1.54) is 55.3 Å². The summed E-state index contributed by atoms with van der Waals surface area (Å²) < 4.78 is 6.69. The van der Waals surface area contributed by atoms with E-state index >= 15 is 0 Å². The zero-order chi connectivity index (χ0) is 30.9. The molecule has 0 aromatic heterocycles. The topological polar surface area (TPSA) is 9.23 Å².